The molecule has 1 heterocycles. The lowest BCUT2D eigenvalue weighted by Crippen LogP contribution is -2.40. The SMILES string of the molecule is COc1cc(C(=O)N2CCC(C(=O)O)CC2)ccc1F. The van der Waals surface area contributed by atoms with Crippen molar-refractivity contribution in [3.63, 3.8) is 0 Å². The predicted octanol–water partition coefficient (Wildman–Crippen LogP) is 1.77. The third-order valence-corrected chi connectivity index (χ3v) is 3.53. The van der Waals surface area contributed by atoms with Crippen molar-refractivity contribution in [2.45, 2.75) is 12.8 Å². The third kappa shape index (κ3) is 2.89. The molecule has 20 heavy (non-hydrogen) atoms. The molecule has 1 aromatic rings. The minimum absolute atomic E-state index is 0.0243. The number of aliphatic carboxylic acids is 1. The highest BCUT2D eigenvalue weighted by atomic mass is 19.1. The van der Waals surface area contributed by atoms with E-state index < -0.39 is 11.8 Å². The average Bonchev–Trinajstić information content (AvgIpc) is 2.47. The maximum Gasteiger partial charge on any atom is 0.306 e. The number of carbonyl (C=O) groups excluding carboxylic acids is 1. The highest BCUT2D eigenvalue weighted by Crippen LogP contribution is 2.22. The fourth-order valence-corrected chi connectivity index (χ4v) is 2.30. The van der Waals surface area contributed by atoms with E-state index in [0.29, 0.717) is 31.5 Å². The van der Waals surface area contributed by atoms with Crippen LogP contribution in [0.25, 0.3) is 0 Å². The van der Waals surface area contributed by atoms with Crippen molar-refractivity contribution in [1.82, 2.24) is 4.90 Å². The summed E-state index contributed by atoms with van der Waals surface area (Å²) in [6.07, 6.45) is 0.888. The van der Waals surface area contributed by atoms with Crippen molar-refractivity contribution in [3.05, 3.63) is 29.6 Å². The van der Waals surface area contributed by atoms with E-state index in [1.807, 2.05) is 0 Å². The number of ether oxygens (including phenoxy) is 1. The Bertz CT molecular complexity index is 524. The molecule has 0 aromatic heterocycles. The molecular weight excluding hydrogens is 265 g/mol. The van der Waals surface area contributed by atoms with Crippen LogP contribution in [0.3, 0.4) is 0 Å². The quantitative estimate of drug-likeness (QED) is 0.917. The molecule has 0 aliphatic carbocycles. The molecule has 0 radical (unpaired) electrons. The van der Waals surface area contributed by atoms with Crippen molar-refractivity contribution in [2.24, 2.45) is 5.92 Å². The van der Waals surface area contributed by atoms with E-state index in [9.17, 15) is 14.0 Å². The van der Waals surface area contributed by atoms with Gasteiger partial charge in [0.1, 0.15) is 0 Å². The first kappa shape index (κ1) is 14.3. The first-order chi connectivity index (χ1) is 9.52. The number of hydrogen-bond donors (Lipinski definition) is 1. The molecule has 1 saturated heterocycles. The van der Waals surface area contributed by atoms with Crippen molar-refractivity contribution in [1.29, 1.82) is 0 Å². The smallest absolute Gasteiger partial charge is 0.306 e. The molecule has 1 aliphatic rings. The highest BCUT2D eigenvalue weighted by molar-refractivity contribution is 5.94. The Balaban J connectivity index is 2.07. The van der Waals surface area contributed by atoms with Crippen LogP contribution in [0.4, 0.5) is 4.39 Å². The molecule has 0 bridgehead atoms. The first-order valence-electron chi connectivity index (χ1n) is 6.38. The van der Waals surface area contributed by atoms with Crippen LogP contribution in [-0.2, 0) is 4.79 Å². The van der Waals surface area contributed by atoms with Gasteiger partial charge in [-0.25, -0.2) is 4.39 Å². The topological polar surface area (TPSA) is 66.8 Å². The number of benzene rings is 1. The minimum atomic E-state index is -0.819. The van der Waals surface area contributed by atoms with E-state index in [0.717, 1.165) is 0 Å². The fraction of sp³-hybridized carbons (Fsp3) is 0.429. The van der Waals surface area contributed by atoms with E-state index in [4.69, 9.17) is 9.84 Å². The molecule has 1 aromatic carbocycles. The summed E-state index contributed by atoms with van der Waals surface area (Å²) < 4.78 is 18.1. The van der Waals surface area contributed by atoms with Crippen LogP contribution in [0.15, 0.2) is 18.2 Å². The Morgan fingerprint density at radius 1 is 1.35 bits per heavy atom. The van der Waals surface area contributed by atoms with E-state index in [1.165, 1.54) is 25.3 Å². The fourth-order valence-electron chi connectivity index (χ4n) is 2.30. The van der Waals surface area contributed by atoms with Crippen LogP contribution in [0.1, 0.15) is 23.2 Å². The van der Waals surface area contributed by atoms with Gasteiger partial charge in [0.2, 0.25) is 0 Å². The summed E-state index contributed by atoms with van der Waals surface area (Å²) in [4.78, 5) is 24.7. The van der Waals surface area contributed by atoms with Gasteiger partial charge in [-0.05, 0) is 31.0 Å². The Labute approximate surface area is 116 Å². The number of methoxy groups -OCH3 is 1. The van der Waals surface area contributed by atoms with Gasteiger partial charge in [0.15, 0.2) is 11.6 Å². The zero-order valence-corrected chi connectivity index (χ0v) is 11.1. The second-order valence-electron chi connectivity index (χ2n) is 4.75. The van der Waals surface area contributed by atoms with Gasteiger partial charge in [-0.1, -0.05) is 0 Å². The van der Waals surface area contributed by atoms with Crippen LogP contribution in [0, 0.1) is 11.7 Å². The molecule has 1 N–H and O–H groups in total. The Morgan fingerprint density at radius 3 is 2.55 bits per heavy atom. The number of carboxylic acids is 1. The van der Waals surface area contributed by atoms with Crippen molar-refractivity contribution in [3.8, 4) is 5.75 Å². The lowest BCUT2D eigenvalue weighted by Gasteiger charge is -2.30. The first-order valence-corrected chi connectivity index (χ1v) is 6.38. The summed E-state index contributed by atoms with van der Waals surface area (Å²) in [5, 5.41) is 8.92. The number of amides is 1. The molecule has 1 aliphatic heterocycles. The molecule has 0 unspecified atom stereocenters. The molecule has 108 valence electrons. The summed E-state index contributed by atoms with van der Waals surface area (Å²) in [7, 11) is 1.34. The molecular formula is C14H16FNO4. The molecule has 1 fully saturated rings. The zero-order chi connectivity index (χ0) is 14.7. The molecule has 0 atom stereocenters. The second kappa shape index (κ2) is 5.90. The van der Waals surface area contributed by atoms with Gasteiger partial charge in [0.25, 0.3) is 5.91 Å². The molecule has 2 rings (SSSR count). The van der Waals surface area contributed by atoms with Gasteiger partial charge in [-0.15, -0.1) is 0 Å². The Morgan fingerprint density at radius 2 is 2.00 bits per heavy atom. The number of halogens is 1. The van der Waals surface area contributed by atoms with E-state index in [1.54, 1.807) is 4.90 Å². The normalized spacial score (nSPS) is 16.0. The zero-order valence-electron chi connectivity index (χ0n) is 11.1. The number of hydrogen-bond acceptors (Lipinski definition) is 3. The van der Waals surface area contributed by atoms with E-state index in [2.05, 4.69) is 0 Å². The summed E-state index contributed by atoms with van der Waals surface area (Å²) in [6, 6.07) is 3.96. The number of rotatable bonds is 3. The highest BCUT2D eigenvalue weighted by Gasteiger charge is 2.27. The van der Waals surface area contributed by atoms with Crippen LogP contribution in [0.5, 0.6) is 5.75 Å². The van der Waals surface area contributed by atoms with Crippen LogP contribution >= 0.6 is 0 Å². The summed E-state index contributed by atoms with van der Waals surface area (Å²) in [6.45, 7) is 0.797. The van der Waals surface area contributed by atoms with Gasteiger partial charge in [0, 0.05) is 18.7 Å². The van der Waals surface area contributed by atoms with Gasteiger partial charge in [-0.2, -0.15) is 0 Å². The largest absolute Gasteiger partial charge is 0.494 e. The van der Waals surface area contributed by atoms with Crippen LogP contribution in [0.2, 0.25) is 0 Å². The number of likely N-dealkylation sites (tertiary alicyclic amines) is 1. The molecule has 1 amide bonds. The maximum atomic E-state index is 13.3. The summed E-state index contributed by atoms with van der Waals surface area (Å²) in [5.41, 5.74) is 0.344. The van der Waals surface area contributed by atoms with Crippen molar-refractivity contribution < 1.29 is 23.8 Å². The molecule has 5 nitrogen and oxygen atoms in total. The Hall–Kier alpha value is -2.11. The average molecular weight is 281 g/mol. The van der Waals surface area contributed by atoms with E-state index in [-0.39, 0.29) is 17.6 Å². The molecule has 0 saturated carbocycles. The summed E-state index contributed by atoms with van der Waals surface area (Å²) >= 11 is 0. The lowest BCUT2D eigenvalue weighted by atomic mass is 9.96. The van der Waals surface area contributed by atoms with Gasteiger partial charge in [-0.3, -0.25) is 9.59 Å². The monoisotopic (exact) mass is 281 g/mol. The number of piperidine rings is 1. The van der Waals surface area contributed by atoms with Gasteiger partial charge < -0.3 is 14.7 Å². The number of carboxylic acid groups (broad SMARTS) is 1. The van der Waals surface area contributed by atoms with E-state index >= 15 is 0 Å². The van der Waals surface area contributed by atoms with Crippen LogP contribution < -0.4 is 4.74 Å². The Kier molecular flexibility index (Phi) is 4.22. The molecule has 0 spiro atoms. The summed E-state index contributed by atoms with van der Waals surface area (Å²) in [5.74, 6) is -1.93. The predicted molar refractivity (Wildman–Crippen MR) is 69.2 cm³/mol. The van der Waals surface area contributed by atoms with Crippen molar-refractivity contribution >= 4 is 11.9 Å². The lowest BCUT2D eigenvalue weighted by molar-refractivity contribution is -0.143. The third-order valence-electron chi connectivity index (χ3n) is 3.53. The number of nitrogens with zero attached hydrogens (tertiary/aromatic N) is 1. The number of carbonyl (C=O) groups is 2. The van der Waals surface area contributed by atoms with Crippen molar-refractivity contribution in [2.75, 3.05) is 20.2 Å². The van der Waals surface area contributed by atoms with Crippen LogP contribution in [-0.4, -0.2) is 42.1 Å². The van der Waals surface area contributed by atoms with Gasteiger partial charge >= 0.3 is 5.97 Å². The molecule has 6 heteroatoms. The standard InChI is InChI=1S/C14H16FNO4/c1-20-12-8-10(2-3-11(12)15)13(17)16-6-4-9(5-7-16)14(18)19/h2-3,8-9H,4-7H2,1H3,(H,18,19). The second-order valence-corrected chi connectivity index (χ2v) is 4.75. The van der Waals surface area contributed by atoms with Gasteiger partial charge in [0.05, 0.1) is 13.0 Å². The minimum Gasteiger partial charge on any atom is -0.494 e. The maximum absolute atomic E-state index is 13.3.